The summed E-state index contributed by atoms with van der Waals surface area (Å²) in [5, 5.41) is 8.75. The number of thiol groups is 1. The minimum atomic E-state index is 0.0166. The van der Waals surface area contributed by atoms with E-state index in [9.17, 15) is 0 Å². The summed E-state index contributed by atoms with van der Waals surface area (Å²) in [6, 6.07) is 5.33. The number of hydrazine groups is 1. The summed E-state index contributed by atoms with van der Waals surface area (Å²) in [7, 11) is 0. The van der Waals surface area contributed by atoms with Crippen molar-refractivity contribution in [3.05, 3.63) is 23.8 Å². The molecule has 3 nitrogen and oxygen atoms in total. The van der Waals surface area contributed by atoms with Crippen molar-refractivity contribution in [1.82, 2.24) is 0 Å². The third-order valence-electron chi connectivity index (χ3n) is 1.40. The molecule has 0 radical (unpaired) electrons. The Morgan fingerprint density at radius 3 is 2.82 bits per heavy atom. The largest absolute Gasteiger partial charge is 0.392 e. The Kier molecular flexibility index (Phi) is 2.76. The van der Waals surface area contributed by atoms with Gasteiger partial charge in [0.1, 0.15) is 0 Å². The van der Waals surface area contributed by atoms with E-state index in [4.69, 9.17) is 10.9 Å². The fourth-order valence-corrected chi connectivity index (χ4v) is 1.00. The first-order chi connectivity index (χ1) is 5.27. The number of nitrogens with two attached hydrogens (primary N) is 1. The maximum Gasteiger partial charge on any atom is 0.0682 e. The van der Waals surface area contributed by atoms with E-state index in [1.165, 1.54) is 0 Å². The van der Waals surface area contributed by atoms with Crippen LogP contribution in [-0.4, -0.2) is 5.11 Å². The molecule has 0 amide bonds. The highest BCUT2D eigenvalue weighted by Crippen LogP contribution is 2.19. The van der Waals surface area contributed by atoms with Crippen LogP contribution in [0.1, 0.15) is 5.56 Å². The van der Waals surface area contributed by atoms with E-state index in [1.54, 1.807) is 18.2 Å². The molecule has 0 fully saturated rings. The molecule has 0 heterocycles. The molecule has 0 aromatic heterocycles. The van der Waals surface area contributed by atoms with E-state index in [1.807, 2.05) is 0 Å². The van der Waals surface area contributed by atoms with Crippen LogP contribution in [0.15, 0.2) is 23.1 Å². The lowest BCUT2D eigenvalue weighted by atomic mass is 10.2. The molecule has 0 aliphatic rings. The van der Waals surface area contributed by atoms with Crippen LogP contribution < -0.4 is 11.3 Å². The smallest absolute Gasteiger partial charge is 0.0682 e. The maximum atomic E-state index is 8.75. The van der Waals surface area contributed by atoms with Gasteiger partial charge in [-0.25, -0.2) is 0 Å². The van der Waals surface area contributed by atoms with Crippen molar-refractivity contribution in [1.29, 1.82) is 0 Å². The predicted molar refractivity (Wildman–Crippen MR) is 47.4 cm³/mol. The molecular weight excluding hydrogens is 160 g/mol. The minimum absolute atomic E-state index is 0.0166. The highest BCUT2D eigenvalue weighted by molar-refractivity contribution is 7.80. The summed E-state index contributed by atoms with van der Waals surface area (Å²) >= 11 is 4.14. The van der Waals surface area contributed by atoms with Gasteiger partial charge in [0.15, 0.2) is 0 Å². The summed E-state index contributed by atoms with van der Waals surface area (Å²) in [6.07, 6.45) is 0. The Morgan fingerprint density at radius 2 is 2.27 bits per heavy atom. The zero-order valence-electron chi connectivity index (χ0n) is 5.91. The van der Waals surface area contributed by atoms with Crippen LogP contribution >= 0.6 is 12.6 Å². The molecule has 0 saturated heterocycles. The summed E-state index contributed by atoms with van der Waals surface area (Å²) in [4.78, 5) is 0.768. The molecule has 0 aliphatic heterocycles. The van der Waals surface area contributed by atoms with E-state index in [0.29, 0.717) is 0 Å². The van der Waals surface area contributed by atoms with Crippen molar-refractivity contribution in [2.75, 3.05) is 5.43 Å². The van der Waals surface area contributed by atoms with Crippen molar-refractivity contribution < 1.29 is 5.11 Å². The van der Waals surface area contributed by atoms with E-state index < -0.39 is 0 Å². The molecule has 1 rings (SSSR count). The van der Waals surface area contributed by atoms with Crippen molar-refractivity contribution in [3.8, 4) is 0 Å². The van der Waals surface area contributed by atoms with Crippen LogP contribution in [0.5, 0.6) is 0 Å². The molecule has 60 valence electrons. The van der Waals surface area contributed by atoms with Gasteiger partial charge < -0.3 is 10.5 Å². The fourth-order valence-electron chi connectivity index (χ4n) is 0.797. The Labute approximate surface area is 70.6 Å². The highest BCUT2D eigenvalue weighted by atomic mass is 32.1. The SMILES string of the molecule is NNc1cc(CO)ccc1S. The van der Waals surface area contributed by atoms with Gasteiger partial charge in [-0.3, -0.25) is 5.84 Å². The summed E-state index contributed by atoms with van der Waals surface area (Å²) in [6.45, 7) is 0.0166. The van der Waals surface area contributed by atoms with Gasteiger partial charge in [-0.05, 0) is 17.7 Å². The van der Waals surface area contributed by atoms with Crippen molar-refractivity contribution in [2.24, 2.45) is 5.84 Å². The van der Waals surface area contributed by atoms with Crippen LogP contribution in [0, 0.1) is 0 Å². The lowest BCUT2D eigenvalue weighted by Crippen LogP contribution is -2.07. The van der Waals surface area contributed by atoms with Crippen LogP contribution in [0.4, 0.5) is 5.69 Å². The molecule has 4 heteroatoms. The normalized spacial score (nSPS) is 9.73. The molecule has 0 bridgehead atoms. The number of benzene rings is 1. The van der Waals surface area contributed by atoms with Crippen LogP contribution in [-0.2, 0) is 6.61 Å². The zero-order chi connectivity index (χ0) is 8.27. The number of nitrogens with one attached hydrogen (secondary N) is 1. The van der Waals surface area contributed by atoms with Crippen molar-refractivity contribution in [3.63, 3.8) is 0 Å². The van der Waals surface area contributed by atoms with Gasteiger partial charge >= 0.3 is 0 Å². The lowest BCUT2D eigenvalue weighted by Gasteiger charge is -2.04. The summed E-state index contributed by atoms with van der Waals surface area (Å²) < 4.78 is 0. The third-order valence-corrected chi connectivity index (χ3v) is 1.79. The molecule has 1 aromatic rings. The first-order valence-electron chi connectivity index (χ1n) is 3.17. The number of aliphatic hydroxyl groups excluding tert-OH is 1. The predicted octanol–water partition coefficient (Wildman–Crippen LogP) is 0.753. The lowest BCUT2D eigenvalue weighted by molar-refractivity contribution is 0.282. The number of hydrogen-bond acceptors (Lipinski definition) is 4. The molecule has 1 aromatic carbocycles. The average Bonchev–Trinajstić information content (AvgIpc) is 2.05. The van der Waals surface area contributed by atoms with Gasteiger partial charge in [0.05, 0.1) is 12.3 Å². The molecule has 0 saturated carbocycles. The van der Waals surface area contributed by atoms with Crippen LogP contribution in [0.2, 0.25) is 0 Å². The molecule has 0 aliphatic carbocycles. The van der Waals surface area contributed by atoms with Crippen LogP contribution in [0.3, 0.4) is 0 Å². The third kappa shape index (κ3) is 1.86. The van der Waals surface area contributed by atoms with Gasteiger partial charge in [-0.1, -0.05) is 6.07 Å². The van der Waals surface area contributed by atoms with Crippen molar-refractivity contribution >= 4 is 18.3 Å². The van der Waals surface area contributed by atoms with Gasteiger partial charge in [0.2, 0.25) is 0 Å². The Balaban J connectivity index is 3.02. The van der Waals surface area contributed by atoms with Crippen molar-refractivity contribution in [2.45, 2.75) is 11.5 Å². The van der Waals surface area contributed by atoms with E-state index in [2.05, 4.69) is 18.1 Å². The summed E-state index contributed by atoms with van der Waals surface area (Å²) in [5.74, 6) is 5.19. The molecule has 0 atom stereocenters. The van der Waals surface area contributed by atoms with Gasteiger partial charge in [-0.2, -0.15) is 0 Å². The van der Waals surface area contributed by atoms with E-state index >= 15 is 0 Å². The van der Waals surface area contributed by atoms with E-state index in [0.717, 1.165) is 16.1 Å². The van der Waals surface area contributed by atoms with Gasteiger partial charge in [-0.15, -0.1) is 12.6 Å². The molecule has 11 heavy (non-hydrogen) atoms. The maximum absolute atomic E-state index is 8.75. The Hall–Kier alpha value is -0.710. The fraction of sp³-hybridized carbons (Fsp3) is 0.143. The molecule has 0 unspecified atom stereocenters. The first kappa shape index (κ1) is 8.39. The topological polar surface area (TPSA) is 58.3 Å². The van der Waals surface area contributed by atoms with Gasteiger partial charge in [0, 0.05) is 4.90 Å². The number of rotatable bonds is 2. The average molecular weight is 170 g/mol. The minimum Gasteiger partial charge on any atom is -0.392 e. The standard InChI is InChI=1S/C7H10N2OS/c8-9-6-3-5(4-10)1-2-7(6)11/h1-3,9-11H,4,8H2. The number of anilines is 1. The first-order valence-corrected chi connectivity index (χ1v) is 3.62. The molecular formula is C7H10N2OS. The molecule has 0 spiro atoms. The molecule has 4 N–H and O–H groups in total. The zero-order valence-corrected chi connectivity index (χ0v) is 6.81. The second-order valence-electron chi connectivity index (χ2n) is 2.15. The van der Waals surface area contributed by atoms with Gasteiger partial charge in [0.25, 0.3) is 0 Å². The monoisotopic (exact) mass is 170 g/mol. The quantitative estimate of drug-likeness (QED) is 0.301. The van der Waals surface area contributed by atoms with Crippen LogP contribution in [0.25, 0.3) is 0 Å². The summed E-state index contributed by atoms with van der Waals surface area (Å²) in [5.41, 5.74) is 4.02. The number of aliphatic hydroxyl groups is 1. The Morgan fingerprint density at radius 1 is 1.55 bits per heavy atom. The second kappa shape index (κ2) is 3.61. The highest BCUT2D eigenvalue weighted by Gasteiger charge is 1.97. The number of hydrogen-bond donors (Lipinski definition) is 4. The van der Waals surface area contributed by atoms with E-state index in [-0.39, 0.29) is 6.61 Å². The Bertz CT molecular complexity index is 252. The number of nitrogen functional groups attached to an aromatic ring is 1. The second-order valence-corrected chi connectivity index (χ2v) is 2.64.